The van der Waals surface area contributed by atoms with Crippen molar-refractivity contribution < 1.29 is 5.11 Å². The molecule has 0 saturated heterocycles. The van der Waals surface area contributed by atoms with E-state index in [1.165, 1.54) is 19.3 Å². The first-order valence-electron chi connectivity index (χ1n) is 6.34. The molecule has 2 aromatic heterocycles. The predicted molar refractivity (Wildman–Crippen MR) is 69.4 cm³/mol. The van der Waals surface area contributed by atoms with Gasteiger partial charge in [-0.3, -0.25) is 4.98 Å². The van der Waals surface area contributed by atoms with Gasteiger partial charge in [-0.2, -0.15) is 0 Å². The Hall–Kier alpha value is -1.75. The molecule has 0 bridgehead atoms. The summed E-state index contributed by atoms with van der Waals surface area (Å²) in [6, 6.07) is 4.41. The lowest BCUT2D eigenvalue weighted by atomic mass is 9.91. The van der Waals surface area contributed by atoms with Gasteiger partial charge in [-0.25, -0.2) is 9.97 Å². The summed E-state index contributed by atoms with van der Waals surface area (Å²) in [7, 11) is 0. The third-order valence-corrected chi connectivity index (χ3v) is 3.47. The van der Waals surface area contributed by atoms with Gasteiger partial charge in [0.05, 0.1) is 6.61 Å². The monoisotopic (exact) mass is 244 g/mol. The number of aliphatic hydroxyl groups excluding tert-OH is 1. The Morgan fingerprint density at radius 1 is 1.22 bits per heavy atom. The van der Waals surface area contributed by atoms with Crippen molar-refractivity contribution in [3.05, 3.63) is 24.5 Å². The van der Waals surface area contributed by atoms with Crippen molar-refractivity contribution in [1.82, 2.24) is 15.0 Å². The maximum Gasteiger partial charge on any atom is 0.180 e. The second kappa shape index (κ2) is 4.86. The van der Waals surface area contributed by atoms with Crippen molar-refractivity contribution in [2.24, 2.45) is 0 Å². The van der Waals surface area contributed by atoms with E-state index in [0.29, 0.717) is 18.2 Å². The number of hydrogen-bond acceptors (Lipinski definition) is 5. The molecule has 0 aromatic carbocycles. The molecule has 0 unspecified atom stereocenters. The van der Waals surface area contributed by atoms with Gasteiger partial charge >= 0.3 is 0 Å². The van der Waals surface area contributed by atoms with Crippen LogP contribution in [0, 0.1) is 0 Å². The Morgan fingerprint density at radius 2 is 2.06 bits per heavy atom. The topological polar surface area (TPSA) is 62.1 Å². The quantitative estimate of drug-likeness (QED) is 0.880. The Bertz CT molecular complexity index is 541. The molecular formula is C13H16N4O. The maximum absolute atomic E-state index is 9.18. The SMILES string of the molecule is OCCN(c1ccc2nccnc2n1)C1CCC1. The molecule has 2 aromatic rings. The van der Waals surface area contributed by atoms with E-state index in [-0.39, 0.29) is 6.61 Å². The highest BCUT2D eigenvalue weighted by Gasteiger charge is 2.25. The van der Waals surface area contributed by atoms with Crippen molar-refractivity contribution in [2.75, 3.05) is 18.1 Å². The molecule has 0 atom stereocenters. The summed E-state index contributed by atoms with van der Waals surface area (Å²) in [6.07, 6.45) is 6.94. The van der Waals surface area contributed by atoms with E-state index in [4.69, 9.17) is 0 Å². The first-order valence-corrected chi connectivity index (χ1v) is 6.34. The molecule has 1 fully saturated rings. The molecule has 1 saturated carbocycles. The summed E-state index contributed by atoms with van der Waals surface area (Å²) in [5.41, 5.74) is 1.47. The van der Waals surface area contributed by atoms with Crippen LogP contribution in [0.3, 0.4) is 0 Å². The number of nitrogens with zero attached hydrogens (tertiary/aromatic N) is 4. The summed E-state index contributed by atoms with van der Waals surface area (Å²) in [4.78, 5) is 15.2. The van der Waals surface area contributed by atoms with E-state index >= 15 is 0 Å². The average Bonchev–Trinajstić information content (AvgIpc) is 2.35. The van der Waals surface area contributed by atoms with Gasteiger partial charge in [0, 0.05) is 25.0 Å². The van der Waals surface area contributed by atoms with Gasteiger partial charge in [-0.15, -0.1) is 0 Å². The molecule has 3 rings (SSSR count). The van der Waals surface area contributed by atoms with Crippen LogP contribution in [0.5, 0.6) is 0 Å². The second-order valence-corrected chi connectivity index (χ2v) is 4.57. The minimum absolute atomic E-state index is 0.149. The number of aromatic nitrogens is 3. The number of fused-ring (bicyclic) bond motifs is 1. The molecule has 1 aliphatic carbocycles. The summed E-state index contributed by atoms with van der Waals surface area (Å²) in [5, 5.41) is 9.18. The normalized spacial score (nSPS) is 15.6. The molecular weight excluding hydrogens is 228 g/mol. The zero-order chi connectivity index (χ0) is 12.4. The summed E-state index contributed by atoms with van der Waals surface area (Å²) < 4.78 is 0. The zero-order valence-electron chi connectivity index (χ0n) is 10.2. The molecule has 0 amide bonds. The van der Waals surface area contributed by atoms with Gasteiger partial charge in [0.15, 0.2) is 5.65 Å². The molecule has 5 heteroatoms. The molecule has 1 N–H and O–H groups in total. The lowest BCUT2D eigenvalue weighted by molar-refractivity contribution is 0.283. The van der Waals surface area contributed by atoms with Crippen LogP contribution in [-0.2, 0) is 0 Å². The van der Waals surface area contributed by atoms with Crippen LogP contribution >= 0.6 is 0 Å². The van der Waals surface area contributed by atoms with Crippen molar-refractivity contribution in [3.8, 4) is 0 Å². The molecule has 0 aliphatic heterocycles. The number of pyridine rings is 1. The van der Waals surface area contributed by atoms with Gasteiger partial charge in [0.2, 0.25) is 0 Å². The van der Waals surface area contributed by atoms with Gasteiger partial charge < -0.3 is 10.0 Å². The fraction of sp³-hybridized carbons (Fsp3) is 0.462. The highest BCUT2D eigenvalue weighted by Crippen LogP contribution is 2.28. The van der Waals surface area contributed by atoms with Crippen molar-refractivity contribution in [2.45, 2.75) is 25.3 Å². The van der Waals surface area contributed by atoms with E-state index in [0.717, 1.165) is 11.3 Å². The molecule has 2 heterocycles. The Kier molecular flexibility index (Phi) is 3.06. The number of hydrogen-bond donors (Lipinski definition) is 1. The summed E-state index contributed by atoms with van der Waals surface area (Å²) >= 11 is 0. The van der Waals surface area contributed by atoms with Crippen LogP contribution in [0.25, 0.3) is 11.2 Å². The first kappa shape index (κ1) is 11.3. The minimum Gasteiger partial charge on any atom is -0.395 e. The number of rotatable bonds is 4. The standard InChI is InChI=1S/C13H16N4O/c18-9-8-17(10-2-1-3-10)12-5-4-11-13(16-12)15-7-6-14-11/h4-7,10,18H,1-3,8-9H2. The van der Waals surface area contributed by atoms with Crippen LogP contribution < -0.4 is 4.90 Å². The fourth-order valence-electron chi connectivity index (χ4n) is 2.29. The van der Waals surface area contributed by atoms with Gasteiger partial charge in [-0.1, -0.05) is 0 Å². The van der Waals surface area contributed by atoms with Crippen LogP contribution in [0.4, 0.5) is 5.82 Å². The van der Waals surface area contributed by atoms with E-state index in [1.807, 2.05) is 12.1 Å². The smallest absolute Gasteiger partial charge is 0.180 e. The Morgan fingerprint density at radius 3 is 2.78 bits per heavy atom. The highest BCUT2D eigenvalue weighted by molar-refractivity contribution is 5.71. The van der Waals surface area contributed by atoms with Gasteiger partial charge in [0.25, 0.3) is 0 Å². The van der Waals surface area contributed by atoms with E-state index in [1.54, 1.807) is 12.4 Å². The number of aliphatic hydroxyl groups is 1. The van der Waals surface area contributed by atoms with Gasteiger partial charge in [0.1, 0.15) is 11.3 Å². The summed E-state index contributed by atoms with van der Waals surface area (Å²) in [5.74, 6) is 0.891. The third-order valence-electron chi connectivity index (χ3n) is 3.47. The fourth-order valence-corrected chi connectivity index (χ4v) is 2.29. The zero-order valence-corrected chi connectivity index (χ0v) is 10.2. The average molecular weight is 244 g/mol. The Labute approximate surface area is 106 Å². The second-order valence-electron chi connectivity index (χ2n) is 4.57. The Balaban J connectivity index is 1.95. The minimum atomic E-state index is 0.149. The first-order chi connectivity index (χ1) is 8.88. The highest BCUT2D eigenvalue weighted by atomic mass is 16.3. The van der Waals surface area contributed by atoms with Crippen molar-refractivity contribution >= 4 is 17.0 Å². The molecule has 18 heavy (non-hydrogen) atoms. The van der Waals surface area contributed by atoms with E-state index in [2.05, 4.69) is 19.9 Å². The lowest BCUT2D eigenvalue weighted by Gasteiger charge is -2.38. The van der Waals surface area contributed by atoms with Crippen molar-refractivity contribution in [3.63, 3.8) is 0 Å². The predicted octanol–water partition coefficient (Wildman–Crippen LogP) is 1.38. The van der Waals surface area contributed by atoms with Crippen LogP contribution in [0.15, 0.2) is 24.5 Å². The summed E-state index contributed by atoms with van der Waals surface area (Å²) in [6.45, 7) is 0.778. The molecule has 5 nitrogen and oxygen atoms in total. The molecule has 94 valence electrons. The molecule has 0 radical (unpaired) electrons. The van der Waals surface area contributed by atoms with Crippen LogP contribution in [0.2, 0.25) is 0 Å². The lowest BCUT2D eigenvalue weighted by Crippen LogP contribution is -2.42. The van der Waals surface area contributed by atoms with Crippen molar-refractivity contribution in [1.29, 1.82) is 0 Å². The van der Waals surface area contributed by atoms with Crippen LogP contribution in [-0.4, -0.2) is 39.3 Å². The maximum atomic E-state index is 9.18. The molecule has 0 spiro atoms. The third kappa shape index (κ3) is 2.01. The largest absolute Gasteiger partial charge is 0.395 e. The van der Waals surface area contributed by atoms with E-state index in [9.17, 15) is 5.11 Å². The van der Waals surface area contributed by atoms with E-state index < -0.39 is 0 Å². The van der Waals surface area contributed by atoms with Crippen LogP contribution in [0.1, 0.15) is 19.3 Å². The molecule has 1 aliphatic rings. The van der Waals surface area contributed by atoms with Gasteiger partial charge in [-0.05, 0) is 31.4 Å². The number of anilines is 1.